The van der Waals surface area contributed by atoms with E-state index >= 15 is 0 Å². The fourth-order valence-electron chi connectivity index (χ4n) is 1.71. The van der Waals surface area contributed by atoms with E-state index in [-0.39, 0.29) is 24.0 Å². The van der Waals surface area contributed by atoms with E-state index < -0.39 is 0 Å². The molecule has 0 atom stereocenters. The van der Waals surface area contributed by atoms with Crippen LogP contribution in [0.1, 0.15) is 18.9 Å². The lowest BCUT2D eigenvalue weighted by Gasteiger charge is -2.12. The molecule has 1 aromatic rings. The molecule has 1 rings (SSSR count). The molecule has 120 valence electrons. The minimum atomic E-state index is 0. The zero-order valence-corrected chi connectivity index (χ0v) is 15.3. The van der Waals surface area contributed by atoms with E-state index in [4.69, 9.17) is 9.47 Å². The lowest BCUT2D eigenvalue weighted by molar-refractivity contribution is 0.145. The Morgan fingerprint density at radius 3 is 2.76 bits per heavy atom. The fraction of sp³-hybridized carbons (Fsp3) is 0.533. The molecule has 5 nitrogen and oxygen atoms in total. The molecule has 0 aromatic heterocycles. The first kappa shape index (κ1) is 20.0. The van der Waals surface area contributed by atoms with Crippen LogP contribution in [0, 0.1) is 0 Å². The van der Waals surface area contributed by atoms with Crippen molar-refractivity contribution in [3.8, 4) is 5.75 Å². The Kier molecular flexibility index (Phi) is 12.1. The summed E-state index contributed by atoms with van der Waals surface area (Å²) in [7, 11) is 3.44. The Morgan fingerprint density at radius 1 is 1.29 bits per heavy atom. The van der Waals surface area contributed by atoms with Crippen LogP contribution in [0.25, 0.3) is 0 Å². The molecule has 0 aliphatic rings. The van der Waals surface area contributed by atoms with Crippen molar-refractivity contribution in [2.45, 2.75) is 19.9 Å². The van der Waals surface area contributed by atoms with Crippen LogP contribution in [0.3, 0.4) is 0 Å². The number of guanidine groups is 1. The number of nitrogens with zero attached hydrogens (tertiary/aromatic N) is 1. The van der Waals surface area contributed by atoms with Gasteiger partial charge in [-0.05, 0) is 31.0 Å². The van der Waals surface area contributed by atoms with Gasteiger partial charge in [-0.1, -0.05) is 12.1 Å². The van der Waals surface area contributed by atoms with Crippen LogP contribution in [-0.4, -0.2) is 39.9 Å². The number of nitrogens with one attached hydrogen (secondary N) is 2. The first-order valence-corrected chi connectivity index (χ1v) is 6.95. The van der Waals surface area contributed by atoms with Crippen LogP contribution >= 0.6 is 24.0 Å². The zero-order valence-electron chi connectivity index (χ0n) is 13.0. The van der Waals surface area contributed by atoms with Gasteiger partial charge >= 0.3 is 0 Å². The second-order valence-electron chi connectivity index (χ2n) is 4.25. The summed E-state index contributed by atoms with van der Waals surface area (Å²) in [4.78, 5) is 4.19. The van der Waals surface area contributed by atoms with Crippen molar-refractivity contribution in [2.75, 3.05) is 33.9 Å². The first-order chi connectivity index (χ1) is 9.80. The van der Waals surface area contributed by atoms with Crippen LogP contribution < -0.4 is 15.4 Å². The molecule has 0 unspecified atom stereocenters. The number of hydrogen-bond acceptors (Lipinski definition) is 3. The largest absolute Gasteiger partial charge is 0.497 e. The molecule has 0 saturated heterocycles. The van der Waals surface area contributed by atoms with Gasteiger partial charge in [0.05, 0.1) is 7.11 Å². The predicted molar refractivity (Wildman–Crippen MR) is 97.7 cm³/mol. The maximum atomic E-state index is 5.29. The SMILES string of the molecule is CCOCCCNC(=NC)NCc1cccc(OC)c1.I. The Bertz CT molecular complexity index is 414. The molecule has 2 N–H and O–H groups in total. The molecular formula is C15H26IN3O2. The van der Waals surface area contributed by atoms with Gasteiger partial charge in [-0.25, -0.2) is 0 Å². The summed E-state index contributed by atoms with van der Waals surface area (Å²) in [6.07, 6.45) is 0.966. The molecule has 21 heavy (non-hydrogen) atoms. The Labute approximate surface area is 144 Å². The minimum absolute atomic E-state index is 0. The van der Waals surface area contributed by atoms with Gasteiger partial charge < -0.3 is 20.1 Å². The zero-order chi connectivity index (χ0) is 14.6. The average Bonchev–Trinajstić information content (AvgIpc) is 2.50. The summed E-state index contributed by atoms with van der Waals surface area (Å²) in [5.74, 6) is 1.66. The molecule has 0 aliphatic heterocycles. The highest BCUT2D eigenvalue weighted by Gasteiger charge is 1.99. The Balaban J connectivity index is 0.00000400. The van der Waals surface area contributed by atoms with E-state index in [9.17, 15) is 0 Å². The molecule has 0 heterocycles. The highest BCUT2D eigenvalue weighted by atomic mass is 127. The smallest absolute Gasteiger partial charge is 0.191 e. The van der Waals surface area contributed by atoms with Crippen LogP contribution in [-0.2, 0) is 11.3 Å². The molecule has 0 bridgehead atoms. The lowest BCUT2D eigenvalue weighted by atomic mass is 10.2. The van der Waals surface area contributed by atoms with Gasteiger partial charge in [0.25, 0.3) is 0 Å². The molecular weight excluding hydrogens is 381 g/mol. The molecule has 0 aliphatic carbocycles. The second kappa shape index (κ2) is 12.7. The van der Waals surface area contributed by atoms with E-state index in [1.807, 2.05) is 25.1 Å². The van der Waals surface area contributed by atoms with E-state index in [1.165, 1.54) is 0 Å². The second-order valence-corrected chi connectivity index (χ2v) is 4.25. The molecule has 0 radical (unpaired) electrons. The van der Waals surface area contributed by atoms with Gasteiger partial charge in [0.15, 0.2) is 5.96 Å². The van der Waals surface area contributed by atoms with Gasteiger partial charge in [-0.2, -0.15) is 0 Å². The topological polar surface area (TPSA) is 54.9 Å². The number of methoxy groups -OCH3 is 1. The molecule has 0 saturated carbocycles. The van der Waals surface area contributed by atoms with Crippen molar-refractivity contribution in [1.29, 1.82) is 0 Å². The fourth-order valence-corrected chi connectivity index (χ4v) is 1.71. The van der Waals surface area contributed by atoms with Gasteiger partial charge in [0.2, 0.25) is 0 Å². The summed E-state index contributed by atoms with van der Waals surface area (Å²) in [6.45, 7) is 5.10. The van der Waals surface area contributed by atoms with Gasteiger partial charge in [0, 0.05) is 33.4 Å². The van der Waals surface area contributed by atoms with Crippen LogP contribution in [0.4, 0.5) is 0 Å². The average molecular weight is 407 g/mol. The summed E-state index contributed by atoms with van der Waals surface area (Å²) in [5.41, 5.74) is 1.15. The van der Waals surface area contributed by atoms with E-state index in [1.54, 1.807) is 14.2 Å². The van der Waals surface area contributed by atoms with E-state index in [2.05, 4.69) is 21.7 Å². The molecule has 0 fully saturated rings. The van der Waals surface area contributed by atoms with Crippen molar-refractivity contribution in [2.24, 2.45) is 4.99 Å². The quantitative estimate of drug-likeness (QED) is 0.301. The van der Waals surface area contributed by atoms with Crippen molar-refractivity contribution in [3.63, 3.8) is 0 Å². The normalized spacial score (nSPS) is 10.7. The number of hydrogen-bond donors (Lipinski definition) is 2. The van der Waals surface area contributed by atoms with Crippen LogP contribution in [0.15, 0.2) is 29.3 Å². The molecule has 6 heteroatoms. The molecule has 1 aromatic carbocycles. The monoisotopic (exact) mass is 407 g/mol. The highest BCUT2D eigenvalue weighted by Crippen LogP contribution is 2.11. The standard InChI is InChI=1S/C15H25N3O2.HI/c1-4-20-10-6-9-17-15(16-2)18-12-13-7-5-8-14(11-13)19-3;/h5,7-8,11H,4,6,9-10,12H2,1-3H3,(H2,16,17,18);1H. The third-order valence-electron chi connectivity index (χ3n) is 2.78. The molecule has 0 spiro atoms. The summed E-state index contributed by atoms with van der Waals surface area (Å²) in [5, 5.41) is 6.53. The van der Waals surface area contributed by atoms with Crippen molar-refractivity contribution < 1.29 is 9.47 Å². The number of ether oxygens (including phenoxy) is 2. The third-order valence-corrected chi connectivity index (χ3v) is 2.78. The lowest BCUT2D eigenvalue weighted by Crippen LogP contribution is -2.37. The number of aliphatic imine (C=N–C) groups is 1. The highest BCUT2D eigenvalue weighted by molar-refractivity contribution is 14.0. The van der Waals surface area contributed by atoms with Crippen LogP contribution in [0.2, 0.25) is 0 Å². The van der Waals surface area contributed by atoms with Gasteiger partial charge in [0.1, 0.15) is 5.75 Å². The third kappa shape index (κ3) is 8.77. The number of rotatable bonds is 8. The number of benzene rings is 1. The van der Waals surface area contributed by atoms with Crippen molar-refractivity contribution >= 4 is 29.9 Å². The number of halogens is 1. The van der Waals surface area contributed by atoms with E-state index in [0.29, 0.717) is 6.54 Å². The predicted octanol–water partition coefficient (Wildman–Crippen LogP) is 2.40. The van der Waals surface area contributed by atoms with E-state index in [0.717, 1.165) is 43.5 Å². The Morgan fingerprint density at radius 2 is 2.10 bits per heavy atom. The van der Waals surface area contributed by atoms with Gasteiger partial charge in [-0.15, -0.1) is 24.0 Å². The minimum Gasteiger partial charge on any atom is -0.497 e. The summed E-state index contributed by atoms with van der Waals surface area (Å²) < 4.78 is 10.5. The maximum Gasteiger partial charge on any atom is 0.191 e. The van der Waals surface area contributed by atoms with Gasteiger partial charge in [-0.3, -0.25) is 4.99 Å². The Hall–Kier alpha value is -1.02. The van der Waals surface area contributed by atoms with Crippen molar-refractivity contribution in [1.82, 2.24) is 10.6 Å². The summed E-state index contributed by atoms with van der Waals surface area (Å²) in [6, 6.07) is 7.98. The maximum absolute atomic E-state index is 5.29. The van der Waals surface area contributed by atoms with Crippen LogP contribution in [0.5, 0.6) is 5.75 Å². The summed E-state index contributed by atoms with van der Waals surface area (Å²) >= 11 is 0. The first-order valence-electron chi connectivity index (χ1n) is 6.95. The molecule has 0 amide bonds. The van der Waals surface area contributed by atoms with Crippen molar-refractivity contribution in [3.05, 3.63) is 29.8 Å².